The highest BCUT2D eigenvalue weighted by atomic mass is 32.1. The van der Waals surface area contributed by atoms with Crippen LogP contribution in [0.25, 0.3) is 10.2 Å². The lowest BCUT2D eigenvalue weighted by Gasteiger charge is -2.41. The first-order valence-electron chi connectivity index (χ1n) is 12.0. The predicted octanol–water partition coefficient (Wildman–Crippen LogP) is 5.67. The van der Waals surface area contributed by atoms with E-state index < -0.39 is 17.7 Å². The summed E-state index contributed by atoms with van der Waals surface area (Å²) in [6.07, 6.45) is -3.44. The normalized spacial score (nSPS) is 16.9. The summed E-state index contributed by atoms with van der Waals surface area (Å²) in [7, 11) is 0. The quantitative estimate of drug-likeness (QED) is 0.356. The summed E-state index contributed by atoms with van der Waals surface area (Å²) < 4.78 is 50.4. The van der Waals surface area contributed by atoms with Crippen molar-refractivity contribution in [1.29, 1.82) is 0 Å². The first-order valence-corrected chi connectivity index (χ1v) is 12.8. The number of thiazole rings is 1. The van der Waals surface area contributed by atoms with Gasteiger partial charge in [-0.05, 0) is 61.7 Å². The van der Waals surface area contributed by atoms with Gasteiger partial charge in [-0.15, -0.1) is 0 Å². The Labute approximate surface area is 212 Å². The van der Waals surface area contributed by atoms with Crippen LogP contribution in [0.15, 0.2) is 36.4 Å². The van der Waals surface area contributed by atoms with E-state index in [1.165, 1.54) is 23.5 Å². The van der Waals surface area contributed by atoms with Gasteiger partial charge in [0, 0.05) is 32.2 Å². The van der Waals surface area contributed by atoms with Crippen LogP contribution < -0.4 is 9.64 Å². The molecule has 0 aliphatic carbocycles. The van der Waals surface area contributed by atoms with Crippen LogP contribution in [0.3, 0.4) is 0 Å². The van der Waals surface area contributed by atoms with Crippen molar-refractivity contribution < 1.29 is 27.4 Å². The van der Waals surface area contributed by atoms with Crippen molar-refractivity contribution in [3.05, 3.63) is 53.1 Å². The lowest BCUT2D eigenvalue weighted by Crippen LogP contribution is -2.52. The lowest BCUT2D eigenvalue weighted by molar-refractivity contribution is -0.145. The van der Waals surface area contributed by atoms with Gasteiger partial charge in [0.2, 0.25) is 0 Å². The molecule has 1 aliphatic rings. The Kier molecular flexibility index (Phi) is 8.04. The zero-order chi connectivity index (χ0) is 25.9. The van der Waals surface area contributed by atoms with E-state index in [2.05, 4.69) is 27.8 Å². The molecule has 2 heterocycles. The standard InChI is InChI=1S/C26H30F3N3O3S/c1-4-20-15-32(25-30-22-7-6-19(26(27,28)29)13-23(22)36-25)9-8-31(20)14-18-10-17(3)11-21(12-18)35-16-24(33)34-5-2/h6-7,10-13,20H,4-5,8-9,14-16H2,1-3H3/t20-/m0/s1. The molecule has 1 aliphatic heterocycles. The van der Waals surface area contributed by atoms with Gasteiger partial charge < -0.3 is 14.4 Å². The van der Waals surface area contributed by atoms with E-state index in [1.807, 2.05) is 19.1 Å². The number of hydrogen-bond acceptors (Lipinski definition) is 7. The van der Waals surface area contributed by atoms with Gasteiger partial charge in [0.25, 0.3) is 0 Å². The van der Waals surface area contributed by atoms with Crippen LogP contribution in [0.4, 0.5) is 18.3 Å². The number of esters is 1. The number of piperazine rings is 1. The number of alkyl halides is 3. The van der Waals surface area contributed by atoms with E-state index in [4.69, 9.17) is 9.47 Å². The molecule has 1 fully saturated rings. The molecule has 10 heteroatoms. The van der Waals surface area contributed by atoms with Gasteiger partial charge >= 0.3 is 12.1 Å². The molecule has 194 valence electrons. The summed E-state index contributed by atoms with van der Waals surface area (Å²) in [4.78, 5) is 20.8. The Morgan fingerprint density at radius 3 is 2.69 bits per heavy atom. The number of nitrogens with zero attached hydrogens (tertiary/aromatic N) is 3. The summed E-state index contributed by atoms with van der Waals surface area (Å²) in [5.41, 5.74) is 2.09. The third-order valence-corrected chi connectivity index (χ3v) is 7.29. The highest BCUT2D eigenvalue weighted by molar-refractivity contribution is 7.22. The average Bonchev–Trinajstić information content (AvgIpc) is 3.26. The number of halogens is 3. The van der Waals surface area contributed by atoms with Crippen LogP contribution >= 0.6 is 11.3 Å². The van der Waals surface area contributed by atoms with E-state index in [9.17, 15) is 18.0 Å². The van der Waals surface area contributed by atoms with Gasteiger partial charge in [-0.2, -0.15) is 13.2 Å². The van der Waals surface area contributed by atoms with E-state index in [0.29, 0.717) is 22.6 Å². The third kappa shape index (κ3) is 6.28. The molecule has 0 bridgehead atoms. The van der Waals surface area contributed by atoms with E-state index in [0.717, 1.165) is 54.9 Å². The molecule has 6 nitrogen and oxygen atoms in total. The van der Waals surface area contributed by atoms with Crippen molar-refractivity contribution in [2.75, 3.05) is 37.7 Å². The van der Waals surface area contributed by atoms with Crippen molar-refractivity contribution in [2.24, 2.45) is 0 Å². The average molecular weight is 522 g/mol. The maximum atomic E-state index is 13.1. The van der Waals surface area contributed by atoms with Crippen LogP contribution in [-0.2, 0) is 22.3 Å². The lowest BCUT2D eigenvalue weighted by atomic mass is 10.1. The smallest absolute Gasteiger partial charge is 0.416 e. The number of aromatic nitrogens is 1. The number of rotatable bonds is 8. The van der Waals surface area contributed by atoms with Gasteiger partial charge in [0.05, 0.1) is 22.4 Å². The maximum Gasteiger partial charge on any atom is 0.416 e. The van der Waals surface area contributed by atoms with Gasteiger partial charge in [0.15, 0.2) is 11.7 Å². The molecule has 0 saturated carbocycles. The Morgan fingerprint density at radius 1 is 1.17 bits per heavy atom. The second-order valence-electron chi connectivity index (χ2n) is 8.90. The minimum absolute atomic E-state index is 0.125. The summed E-state index contributed by atoms with van der Waals surface area (Å²) in [6.45, 7) is 9.10. The van der Waals surface area contributed by atoms with Gasteiger partial charge in [0.1, 0.15) is 5.75 Å². The SMILES string of the molecule is CCOC(=O)COc1cc(C)cc(CN2CCN(c3nc4ccc(C(F)(F)F)cc4s3)C[C@@H]2CC)c1. The molecule has 2 aromatic carbocycles. The Morgan fingerprint density at radius 2 is 1.97 bits per heavy atom. The van der Waals surface area contributed by atoms with Gasteiger partial charge in [-0.25, -0.2) is 9.78 Å². The number of hydrogen-bond donors (Lipinski definition) is 0. The topological polar surface area (TPSA) is 54.9 Å². The van der Waals surface area contributed by atoms with Crippen LogP contribution in [0, 0.1) is 6.92 Å². The molecule has 0 N–H and O–H groups in total. The Balaban J connectivity index is 1.43. The Bertz CT molecular complexity index is 1210. The Hall–Kier alpha value is -2.85. The monoisotopic (exact) mass is 521 g/mol. The summed E-state index contributed by atoms with van der Waals surface area (Å²) in [6, 6.07) is 9.95. The van der Waals surface area contributed by atoms with Crippen molar-refractivity contribution in [3.8, 4) is 5.75 Å². The number of carbonyl (C=O) groups excluding carboxylic acids is 1. The van der Waals surface area contributed by atoms with Crippen LogP contribution in [0.5, 0.6) is 5.75 Å². The number of benzene rings is 2. The van der Waals surface area contributed by atoms with Crippen LogP contribution in [-0.4, -0.2) is 54.7 Å². The minimum atomic E-state index is -4.36. The first kappa shape index (κ1) is 26.2. The third-order valence-electron chi connectivity index (χ3n) is 6.21. The molecule has 1 atom stereocenters. The molecule has 1 aromatic heterocycles. The van der Waals surface area contributed by atoms with E-state index >= 15 is 0 Å². The van der Waals surface area contributed by atoms with Crippen LogP contribution in [0.2, 0.25) is 0 Å². The van der Waals surface area contributed by atoms with Crippen molar-refractivity contribution >= 4 is 32.7 Å². The van der Waals surface area contributed by atoms with Gasteiger partial charge in [-0.1, -0.05) is 24.3 Å². The minimum Gasteiger partial charge on any atom is -0.482 e. The molecule has 0 unspecified atom stereocenters. The zero-order valence-corrected chi connectivity index (χ0v) is 21.4. The molecule has 0 radical (unpaired) electrons. The fourth-order valence-corrected chi connectivity index (χ4v) is 5.50. The van der Waals surface area contributed by atoms with Crippen molar-refractivity contribution in [2.45, 2.75) is 46.0 Å². The molecule has 4 rings (SSSR count). The predicted molar refractivity (Wildman–Crippen MR) is 135 cm³/mol. The number of aryl methyl sites for hydroxylation is 1. The highest BCUT2D eigenvalue weighted by Gasteiger charge is 2.31. The zero-order valence-electron chi connectivity index (χ0n) is 20.6. The fourth-order valence-electron chi connectivity index (χ4n) is 4.46. The van der Waals surface area contributed by atoms with Gasteiger partial charge in [-0.3, -0.25) is 4.90 Å². The number of ether oxygens (including phenoxy) is 2. The van der Waals surface area contributed by atoms with Crippen LogP contribution in [0.1, 0.15) is 37.0 Å². The number of anilines is 1. The summed E-state index contributed by atoms with van der Waals surface area (Å²) in [5.74, 6) is 0.240. The molecule has 0 spiro atoms. The van der Waals surface area contributed by atoms with E-state index in [1.54, 1.807) is 6.92 Å². The second kappa shape index (κ2) is 11.0. The number of fused-ring (bicyclic) bond motifs is 1. The molecule has 3 aromatic rings. The first-order chi connectivity index (χ1) is 17.2. The molecule has 1 saturated heterocycles. The largest absolute Gasteiger partial charge is 0.482 e. The summed E-state index contributed by atoms with van der Waals surface area (Å²) >= 11 is 1.31. The van der Waals surface area contributed by atoms with Crippen molar-refractivity contribution in [3.63, 3.8) is 0 Å². The molecular formula is C26H30F3N3O3S. The highest BCUT2D eigenvalue weighted by Crippen LogP contribution is 2.36. The summed E-state index contributed by atoms with van der Waals surface area (Å²) in [5, 5.41) is 0.757. The second-order valence-corrected chi connectivity index (χ2v) is 9.91. The molecule has 0 amide bonds. The molecule has 36 heavy (non-hydrogen) atoms. The molecular weight excluding hydrogens is 491 g/mol. The maximum absolute atomic E-state index is 13.1. The van der Waals surface area contributed by atoms with E-state index in [-0.39, 0.29) is 12.6 Å². The number of carbonyl (C=O) groups is 1. The van der Waals surface area contributed by atoms with Crippen molar-refractivity contribution in [1.82, 2.24) is 9.88 Å². The fraction of sp³-hybridized carbons (Fsp3) is 0.462.